The molecule has 0 aromatic heterocycles. The van der Waals surface area contributed by atoms with Gasteiger partial charge in [-0.25, -0.2) is 0 Å². The Bertz CT molecular complexity index is 1670. The van der Waals surface area contributed by atoms with Crippen LogP contribution in [0, 0.1) is 0 Å². The summed E-state index contributed by atoms with van der Waals surface area (Å²) in [5.41, 5.74) is 0. The third-order valence-corrected chi connectivity index (χ3v) is 10.8. The zero-order valence-electron chi connectivity index (χ0n) is 39.7. The van der Waals surface area contributed by atoms with Crippen LogP contribution < -0.4 is 0 Å². The molecule has 0 aliphatic carbocycles. The minimum absolute atomic E-state index is 0.0277. The minimum atomic E-state index is -4.62. The van der Waals surface area contributed by atoms with Crippen molar-refractivity contribution in [1.82, 2.24) is 0 Å². The molecule has 0 bridgehead atoms. The van der Waals surface area contributed by atoms with Crippen LogP contribution in [-0.4, -0.2) is 96.0 Å². The van der Waals surface area contributed by atoms with Gasteiger partial charge < -0.3 is 34.3 Å². The summed E-state index contributed by atoms with van der Waals surface area (Å²) < 4.78 is 54.1. The van der Waals surface area contributed by atoms with Gasteiger partial charge in [-0.15, -0.1) is 0 Å². The predicted octanol–water partition coefficient (Wildman–Crippen LogP) is 10.6. The average molecular weight is 943 g/mol. The molecule has 1 aliphatic heterocycles. The van der Waals surface area contributed by atoms with Gasteiger partial charge in [0, 0.05) is 12.8 Å². The Balaban J connectivity index is 2.49. The summed E-state index contributed by atoms with van der Waals surface area (Å²) in [5.74, 6) is -2.13. The summed E-state index contributed by atoms with van der Waals surface area (Å²) in [6, 6.07) is 0. The summed E-state index contributed by atoms with van der Waals surface area (Å²) in [4.78, 5) is 25.5. The third kappa shape index (κ3) is 35.3. The van der Waals surface area contributed by atoms with Gasteiger partial charge in [-0.05, 0) is 89.9 Å². The van der Waals surface area contributed by atoms with Gasteiger partial charge in [-0.3, -0.25) is 14.1 Å². The molecule has 6 atom stereocenters. The van der Waals surface area contributed by atoms with Crippen molar-refractivity contribution in [3.8, 4) is 0 Å². The molecule has 0 spiro atoms. The van der Waals surface area contributed by atoms with Gasteiger partial charge in [0.2, 0.25) is 0 Å². The van der Waals surface area contributed by atoms with Crippen molar-refractivity contribution < 1.29 is 56.8 Å². The van der Waals surface area contributed by atoms with Crippen molar-refractivity contribution in [2.45, 2.75) is 179 Å². The molecule has 0 saturated carbocycles. The van der Waals surface area contributed by atoms with E-state index in [2.05, 4.69) is 117 Å². The van der Waals surface area contributed by atoms with Crippen LogP contribution in [0.4, 0.5) is 0 Å². The Morgan fingerprint density at radius 1 is 0.515 bits per heavy atom. The molecule has 66 heavy (non-hydrogen) atoms. The summed E-state index contributed by atoms with van der Waals surface area (Å²) in [6.07, 6.45) is 49.6. The maximum atomic E-state index is 12.8. The second kappa shape index (κ2) is 41.3. The summed E-state index contributed by atoms with van der Waals surface area (Å²) >= 11 is 0. The van der Waals surface area contributed by atoms with Crippen molar-refractivity contribution in [3.63, 3.8) is 0 Å². The first-order chi connectivity index (χ1) is 32.0. The van der Waals surface area contributed by atoms with Gasteiger partial charge >= 0.3 is 11.9 Å². The highest BCUT2D eigenvalue weighted by Crippen LogP contribution is 2.24. The van der Waals surface area contributed by atoms with E-state index in [0.29, 0.717) is 19.3 Å². The van der Waals surface area contributed by atoms with E-state index in [1.54, 1.807) is 0 Å². The number of aliphatic hydroxyl groups is 3. The molecule has 0 aromatic rings. The molecule has 1 heterocycles. The normalized spacial score (nSPS) is 20.5. The topological polar surface area (TPSA) is 186 Å². The number of carbonyl (C=O) groups excluding carboxylic acids is 2. The first-order valence-corrected chi connectivity index (χ1v) is 25.7. The zero-order chi connectivity index (χ0) is 48.4. The van der Waals surface area contributed by atoms with Crippen molar-refractivity contribution in [3.05, 3.63) is 122 Å². The standard InChI is InChI=1S/C53H82O12S/c1-3-5-7-9-11-13-15-17-19-21-23-25-27-29-31-33-35-37-39-41-48(54)62-43-46(44-63-53-52(58)51(57)50(56)47(65-53)45-66(59,60)61)64-49(55)42-40-38-36-34-32-30-28-26-24-22-20-18-16-14-12-10-8-6-4-2/h5-8,11-14,17-20,23-26,30,32,36,38,46-47,50-53,56-58H,3-4,9-10,15-16,21-22,27-29,31,33-35,37,39-45H2,1-2H3,(H,59,60,61)/b7-5-,8-6-,13-11-,14-12-,19-17-,20-18-,25-23-,26-24-,32-30-,38-36-. The molecule has 6 unspecified atom stereocenters. The molecular weight excluding hydrogens is 861 g/mol. The highest BCUT2D eigenvalue weighted by Gasteiger charge is 2.46. The number of carbonyl (C=O) groups is 2. The van der Waals surface area contributed by atoms with E-state index < -0.39 is 71.2 Å². The first-order valence-electron chi connectivity index (χ1n) is 24.1. The summed E-state index contributed by atoms with van der Waals surface area (Å²) in [6.45, 7) is 3.45. The van der Waals surface area contributed by atoms with E-state index in [-0.39, 0.29) is 19.4 Å². The molecule has 0 amide bonds. The number of hydrogen-bond acceptors (Lipinski definition) is 11. The number of esters is 2. The van der Waals surface area contributed by atoms with Crippen molar-refractivity contribution in [2.75, 3.05) is 19.0 Å². The molecule has 1 fully saturated rings. The Kier molecular flexibility index (Phi) is 37.5. The fourth-order valence-corrected chi connectivity index (χ4v) is 7.09. The van der Waals surface area contributed by atoms with Gasteiger partial charge in [-0.1, -0.05) is 161 Å². The molecule has 1 saturated heterocycles. The van der Waals surface area contributed by atoms with Gasteiger partial charge in [0.1, 0.15) is 36.8 Å². The number of hydrogen-bond donors (Lipinski definition) is 4. The van der Waals surface area contributed by atoms with Crippen LogP contribution in [0.1, 0.15) is 142 Å². The van der Waals surface area contributed by atoms with Gasteiger partial charge in [0.25, 0.3) is 10.1 Å². The number of ether oxygens (including phenoxy) is 4. The van der Waals surface area contributed by atoms with Crippen LogP contribution in [0.2, 0.25) is 0 Å². The average Bonchev–Trinajstić information content (AvgIpc) is 3.28. The molecule has 13 heteroatoms. The van der Waals surface area contributed by atoms with E-state index in [9.17, 15) is 37.9 Å². The number of allylic oxidation sites excluding steroid dienone is 20. The predicted molar refractivity (Wildman–Crippen MR) is 265 cm³/mol. The molecule has 372 valence electrons. The summed E-state index contributed by atoms with van der Waals surface area (Å²) in [7, 11) is -4.62. The lowest BCUT2D eigenvalue weighted by Gasteiger charge is -2.40. The number of rotatable bonds is 38. The number of aliphatic hydroxyl groups excluding tert-OH is 3. The van der Waals surface area contributed by atoms with Crippen molar-refractivity contribution in [1.29, 1.82) is 0 Å². The van der Waals surface area contributed by atoms with Gasteiger partial charge in [0.15, 0.2) is 12.4 Å². The van der Waals surface area contributed by atoms with E-state index in [1.807, 2.05) is 18.2 Å². The molecule has 1 rings (SSSR count). The molecule has 0 aromatic carbocycles. The molecule has 4 N–H and O–H groups in total. The van der Waals surface area contributed by atoms with E-state index in [4.69, 9.17) is 18.9 Å². The summed E-state index contributed by atoms with van der Waals surface area (Å²) in [5, 5.41) is 30.9. The van der Waals surface area contributed by atoms with Gasteiger partial charge in [0.05, 0.1) is 6.61 Å². The van der Waals surface area contributed by atoms with Crippen LogP contribution in [0.5, 0.6) is 0 Å². The van der Waals surface area contributed by atoms with Gasteiger partial charge in [-0.2, -0.15) is 8.42 Å². The van der Waals surface area contributed by atoms with Crippen LogP contribution in [0.25, 0.3) is 0 Å². The maximum Gasteiger partial charge on any atom is 0.306 e. The highest BCUT2D eigenvalue weighted by molar-refractivity contribution is 7.85. The fraction of sp³-hybridized carbons (Fsp3) is 0.585. The van der Waals surface area contributed by atoms with E-state index >= 15 is 0 Å². The number of unbranched alkanes of at least 4 members (excludes halogenated alkanes) is 6. The quantitative estimate of drug-likeness (QED) is 0.0199. The van der Waals surface area contributed by atoms with Crippen LogP contribution in [0.3, 0.4) is 0 Å². The SMILES string of the molecule is CC/C=C\C/C=C\C/C=C\C/C=C\C/C=C\C/C=C\CCC(=O)OC(COC(=O)CCCCCCCC/C=C\C/C=C\C/C=C\C/C=C\CC)COC1OC(CS(=O)(=O)O)C(O)C(O)C1O. The van der Waals surface area contributed by atoms with E-state index in [0.717, 1.165) is 96.3 Å². The largest absolute Gasteiger partial charge is 0.462 e. The Labute approximate surface area is 397 Å². The van der Waals surface area contributed by atoms with E-state index in [1.165, 1.54) is 0 Å². The second-order valence-corrected chi connectivity index (χ2v) is 17.5. The second-order valence-electron chi connectivity index (χ2n) is 16.0. The lowest BCUT2D eigenvalue weighted by atomic mass is 10.00. The minimum Gasteiger partial charge on any atom is -0.462 e. The fourth-order valence-electron chi connectivity index (χ4n) is 6.40. The highest BCUT2D eigenvalue weighted by atomic mass is 32.2. The third-order valence-electron chi connectivity index (χ3n) is 10.1. The Morgan fingerprint density at radius 3 is 1.41 bits per heavy atom. The molecule has 1 aliphatic rings. The zero-order valence-corrected chi connectivity index (χ0v) is 40.6. The molecule has 12 nitrogen and oxygen atoms in total. The Hall–Kier alpha value is -3.95. The van der Waals surface area contributed by atoms with Crippen LogP contribution >= 0.6 is 0 Å². The smallest absolute Gasteiger partial charge is 0.306 e. The molecular formula is C53H82O12S. The monoisotopic (exact) mass is 943 g/mol. The lowest BCUT2D eigenvalue weighted by Crippen LogP contribution is -2.60. The maximum absolute atomic E-state index is 12.8. The van der Waals surface area contributed by atoms with Crippen LogP contribution in [-0.2, 0) is 38.7 Å². The first kappa shape index (κ1) is 60.1. The van der Waals surface area contributed by atoms with Crippen molar-refractivity contribution in [2.24, 2.45) is 0 Å². The lowest BCUT2D eigenvalue weighted by molar-refractivity contribution is -0.297. The van der Waals surface area contributed by atoms with Crippen LogP contribution in [0.15, 0.2) is 122 Å². The molecule has 0 radical (unpaired) electrons. The van der Waals surface area contributed by atoms with Crippen molar-refractivity contribution >= 4 is 22.1 Å². The Morgan fingerprint density at radius 2 is 0.939 bits per heavy atom.